The molecule has 0 unspecified atom stereocenters. The van der Waals surface area contributed by atoms with E-state index in [9.17, 15) is 14.4 Å². The number of thioether (sulfide) groups is 1. The molecule has 5 nitrogen and oxygen atoms in total. The lowest BCUT2D eigenvalue weighted by molar-refractivity contribution is -0.123. The van der Waals surface area contributed by atoms with Crippen LogP contribution in [0.25, 0.3) is 6.08 Å². The molecule has 1 aliphatic rings. The number of amides is 2. The smallest absolute Gasteiger partial charge is 0.343 e. The maximum absolute atomic E-state index is 12.8. The van der Waals surface area contributed by atoms with Crippen LogP contribution in [-0.4, -0.2) is 22.0 Å². The summed E-state index contributed by atoms with van der Waals surface area (Å²) in [6, 6.07) is 20.6. The molecule has 0 spiro atoms. The quantitative estimate of drug-likeness (QED) is 0.213. The Morgan fingerprint density at radius 3 is 2.47 bits per heavy atom. The topological polar surface area (TPSA) is 63.7 Å². The van der Waals surface area contributed by atoms with Gasteiger partial charge in [-0.3, -0.25) is 14.5 Å². The van der Waals surface area contributed by atoms with Gasteiger partial charge in [-0.2, -0.15) is 0 Å². The molecule has 0 radical (unpaired) electrons. The van der Waals surface area contributed by atoms with Crippen molar-refractivity contribution in [3.63, 3.8) is 0 Å². The van der Waals surface area contributed by atoms with E-state index < -0.39 is 5.97 Å². The molecule has 0 saturated carbocycles. The van der Waals surface area contributed by atoms with E-state index in [2.05, 4.69) is 15.9 Å². The van der Waals surface area contributed by atoms with Crippen LogP contribution in [0.5, 0.6) is 5.75 Å². The van der Waals surface area contributed by atoms with Crippen LogP contribution in [0.4, 0.5) is 4.79 Å². The largest absolute Gasteiger partial charge is 0.423 e. The average molecular weight is 529 g/mol. The highest BCUT2D eigenvalue weighted by atomic mass is 79.9. The first-order valence-corrected chi connectivity index (χ1v) is 11.5. The summed E-state index contributed by atoms with van der Waals surface area (Å²) >= 11 is 10.1. The Labute approximate surface area is 202 Å². The second-order valence-corrected chi connectivity index (χ2v) is 9.21. The van der Waals surface area contributed by atoms with Gasteiger partial charge in [0.15, 0.2) is 0 Å². The maximum atomic E-state index is 12.8. The van der Waals surface area contributed by atoms with Crippen LogP contribution in [-0.2, 0) is 11.3 Å². The minimum atomic E-state index is -0.520. The number of benzene rings is 3. The number of carbonyl (C=O) groups is 3. The molecule has 1 saturated heterocycles. The Balaban J connectivity index is 1.48. The van der Waals surface area contributed by atoms with Crippen molar-refractivity contribution >= 4 is 62.5 Å². The summed E-state index contributed by atoms with van der Waals surface area (Å²) < 4.78 is 6.34. The lowest BCUT2D eigenvalue weighted by Gasteiger charge is -2.12. The van der Waals surface area contributed by atoms with Gasteiger partial charge in [0.25, 0.3) is 11.1 Å². The Morgan fingerprint density at radius 1 is 1.03 bits per heavy atom. The fourth-order valence-corrected chi connectivity index (χ4v) is 4.21. The molecule has 1 fully saturated rings. The van der Waals surface area contributed by atoms with Gasteiger partial charge in [0.05, 0.1) is 17.0 Å². The van der Waals surface area contributed by atoms with Gasteiger partial charge < -0.3 is 4.74 Å². The second-order valence-electron chi connectivity index (χ2n) is 6.86. The van der Waals surface area contributed by atoms with E-state index in [-0.39, 0.29) is 17.7 Å². The molecule has 1 aliphatic heterocycles. The molecule has 0 aliphatic carbocycles. The van der Waals surface area contributed by atoms with E-state index in [4.69, 9.17) is 16.3 Å². The van der Waals surface area contributed by atoms with Crippen molar-refractivity contribution in [1.82, 2.24) is 4.90 Å². The molecule has 32 heavy (non-hydrogen) atoms. The number of hydrogen-bond acceptors (Lipinski definition) is 5. The van der Waals surface area contributed by atoms with Gasteiger partial charge in [-0.05, 0) is 77.5 Å². The Bertz CT molecular complexity index is 1230. The number of carbonyl (C=O) groups excluding carboxylic acids is 3. The Hall–Kier alpha value is -2.87. The van der Waals surface area contributed by atoms with E-state index in [0.717, 1.165) is 21.8 Å². The second kappa shape index (κ2) is 9.73. The Morgan fingerprint density at radius 2 is 1.75 bits per heavy atom. The van der Waals surface area contributed by atoms with E-state index in [0.29, 0.717) is 26.8 Å². The van der Waals surface area contributed by atoms with E-state index >= 15 is 0 Å². The van der Waals surface area contributed by atoms with Crippen molar-refractivity contribution in [2.75, 3.05) is 0 Å². The van der Waals surface area contributed by atoms with Gasteiger partial charge in [0.1, 0.15) is 5.75 Å². The number of halogens is 2. The summed E-state index contributed by atoms with van der Waals surface area (Å²) in [5.74, 6) is -0.548. The molecule has 0 aromatic heterocycles. The van der Waals surface area contributed by atoms with Crippen molar-refractivity contribution < 1.29 is 19.1 Å². The molecular formula is C24H15BrClNO4S. The first-order valence-electron chi connectivity index (χ1n) is 9.47. The summed E-state index contributed by atoms with van der Waals surface area (Å²) in [6.07, 6.45) is 1.62. The summed E-state index contributed by atoms with van der Waals surface area (Å²) in [6.45, 7) is 0.202. The third kappa shape index (κ3) is 5.30. The standard InChI is InChI=1S/C24H15BrClNO4S/c25-18-8-4-15(5-9-18)14-27-22(28)21(32-24(27)30)13-16-2-1-3-20(12-16)31-23(29)17-6-10-19(26)11-7-17/h1-13H,14H2/b21-13-. The number of ether oxygens (including phenoxy) is 1. The number of hydrogen-bond donors (Lipinski definition) is 0. The summed E-state index contributed by atoms with van der Waals surface area (Å²) in [4.78, 5) is 39.0. The highest BCUT2D eigenvalue weighted by Crippen LogP contribution is 2.34. The van der Waals surface area contributed by atoms with Crippen LogP contribution >= 0.6 is 39.3 Å². The van der Waals surface area contributed by atoms with E-state index in [1.807, 2.05) is 24.3 Å². The van der Waals surface area contributed by atoms with Crippen LogP contribution in [0.2, 0.25) is 5.02 Å². The van der Waals surface area contributed by atoms with Crippen LogP contribution in [0, 0.1) is 0 Å². The van der Waals surface area contributed by atoms with Crippen LogP contribution < -0.4 is 4.74 Å². The fraction of sp³-hybridized carbons (Fsp3) is 0.0417. The molecule has 0 atom stereocenters. The molecule has 0 bridgehead atoms. The zero-order valence-corrected chi connectivity index (χ0v) is 19.6. The third-order valence-electron chi connectivity index (χ3n) is 4.57. The predicted octanol–water partition coefficient (Wildman–Crippen LogP) is 6.56. The minimum Gasteiger partial charge on any atom is -0.423 e. The fourth-order valence-electron chi connectivity index (χ4n) is 2.98. The lowest BCUT2D eigenvalue weighted by atomic mass is 10.2. The molecule has 2 amide bonds. The van der Waals surface area contributed by atoms with Gasteiger partial charge in [0.2, 0.25) is 0 Å². The van der Waals surface area contributed by atoms with Gasteiger partial charge in [-0.15, -0.1) is 0 Å². The lowest BCUT2D eigenvalue weighted by Crippen LogP contribution is -2.27. The van der Waals surface area contributed by atoms with Gasteiger partial charge in [-0.25, -0.2) is 4.79 Å². The normalized spacial score (nSPS) is 14.8. The van der Waals surface area contributed by atoms with E-state index in [1.54, 1.807) is 54.6 Å². The summed E-state index contributed by atoms with van der Waals surface area (Å²) in [5.41, 5.74) is 1.86. The monoisotopic (exact) mass is 527 g/mol. The predicted molar refractivity (Wildman–Crippen MR) is 129 cm³/mol. The highest BCUT2D eigenvalue weighted by molar-refractivity contribution is 9.10. The molecular weight excluding hydrogens is 514 g/mol. The summed E-state index contributed by atoms with van der Waals surface area (Å²) in [5, 5.41) is 0.201. The van der Waals surface area contributed by atoms with Gasteiger partial charge in [-0.1, -0.05) is 51.8 Å². The minimum absolute atomic E-state index is 0.202. The van der Waals surface area contributed by atoms with Gasteiger partial charge in [0, 0.05) is 9.50 Å². The third-order valence-corrected chi connectivity index (χ3v) is 6.26. The zero-order chi connectivity index (χ0) is 22.7. The first-order chi connectivity index (χ1) is 15.4. The van der Waals surface area contributed by atoms with Gasteiger partial charge >= 0.3 is 5.97 Å². The molecule has 8 heteroatoms. The SMILES string of the molecule is O=C(Oc1cccc(/C=C2\SC(=O)N(Cc3ccc(Br)cc3)C2=O)c1)c1ccc(Cl)cc1. The van der Waals surface area contributed by atoms with E-state index in [1.165, 1.54) is 4.90 Å². The molecule has 3 aromatic rings. The van der Waals surface area contributed by atoms with Crippen molar-refractivity contribution in [1.29, 1.82) is 0 Å². The molecule has 0 N–H and O–H groups in total. The number of imide groups is 1. The molecule has 4 rings (SSSR count). The maximum Gasteiger partial charge on any atom is 0.343 e. The number of rotatable bonds is 5. The summed E-state index contributed by atoms with van der Waals surface area (Å²) in [7, 11) is 0. The average Bonchev–Trinajstić information content (AvgIpc) is 3.03. The van der Waals surface area contributed by atoms with Crippen LogP contribution in [0.3, 0.4) is 0 Å². The number of nitrogens with zero attached hydrogens (tertiary/aromatic N) is 1. The molecule has 3 aromatic carbocycles. The van der Waals surface area contributed by atoms with Crippen LogP contribution in [0.1, 0.15) is 21.5 Å². The number of esters is 1. The molecule has 1 heterocycles. The van der Waals surface area contributed by atoms with Crippen molar-refractivity contribution in [2.24, 2.45) is 0 Å². The van der Waals surface area contributed by atoms with Crippen molar-refractivity contribution in [3.05, 3.63) is 104 Å². The van der Waals surface area contributed by atoms with Crippen molar-refractivity contribution in [3.8, 4) is 5.75 Å². The first kappa shape index (κ1) is 22.3. The highest BCUT2D eigenvalue weighted by Gasteiger charge is 2.35. The van der Waals surface area contributed by atoms with Crippen LogP contribution in [0.15, 0.2) is 82.2 Å². The zero-order valence-electron chi connectivity index (χ0n) is 16.5. The Kier molecular flexibility index (Phi) is 6.79. The molecule has 160 valence electrons. The van der Waals surface area contributed by atoms with Crippen molar-refractivity contribution in [2.45, 2.75) is 6.54 Å².